The average Bonchev–Trinajstić information content (AvgIpc) is 2.77. The molecule has 0 bridgehead atoms. The van der Waals surface area contributed by atoms with E-state index in [0.29, 0.717) is 24.9 Å². The Bertz CT molecular complexity index is 371. The predicted molar refractivity (Wildman–Crippen MR) is 83.3 cm³/mol. The number of carboxylic acid groups (broad SMARTS) is 1. The van der Waals surface area contributed by atoms with Gasteiger partial charge >= 0.3 is 5.97 Å². The smallest absolute Gasteiger partial charge is 0.324 e. The van der Waals surface area contributed by atoms with E-state index >= 15 is 0 Å². The van der Waals surface area contributed by atoms with Crippen molar-refractivity contribution in [3.8, 4) is 0 Å². The largest absolute Gasteiger partial charge is 0.480 e. The first-order valence-corrected chi connectivity index (χ1v) is 8.49. The lowest BCUT2D eigenvalue weighted by Gasteiger charge is -2.34. The fraction of sp³-hybridized carbons (Fsp3) is 0.941. The Morgan fingerprint density at radius 2 is 1.90 bits per heavy atom. The van der Waals surface area contributed by atoms with Crippen molar-refractivity contribution in [2.45, 2.75) is 90.0 Å². The van der Waals surface area contributed by atoms with Crippen molar-refractivity contribution in [2.75, 3.05) is 0 Å². The van der Waals surface area contributed by atoms with Crippen molar-refractivity contribution in [1.82, 2.24) is 5.32 Å². The van der Waals surface area contributed by atoms with Crippen molar-refractivity contribution < 1.29 is 14.6 Å². The number of hydrogen-bond acceptors (Lipinski definition) is 3. The Hall–Kier alpha value is -0.610. The molecule has 5 atom stereocenters. The first-order chi connectivity index (χ1) is 9.82. The summed E-state index contributed by atoms with van der Waals surface area (Å²) in [6.07, 6.45) is 6.02. The van der Waals surface area contributed by atoms with Gasteiger partial charge in [-0.1, -0.05) is 13.8 Å². The molecule has 2 aliphatic carbocycles. The van der Waals surface area contributed by atoms with Crippen LogP contribution in [0.1, 0.15) is 66.2 Å². The van der Waals surface area contributed by atoms with Crippen LogP contribution in [0.15, 0.2) is 0 Å². The summed E-state index contributed by atoms with van der Waals surface area (Å²) in [5.41, 5.74) is -0.785. The standard InChI is InChI=1S/C17H31NO3/c1-11(2)18-17(16(19)20)8-7-15(10-17)21-14-6-5-12(3)13(4)9-14/h11-15,18H,5-10H2,1-4H3,(H,19,20). The summed E-state index contributed by atoms with van der Waals surface area (Å²) in [7, 11) is 0. The molecule has 0 heterocycles. The fourth-order valence-corrected chi connectivity index (χ4v) is 3.95. The third-order valence-electron chi connectivity index (χ3n) is 5.38. The van der Waals surface area contributed by atoms with Crippen molar-refractivity contribution in [3.05, 3.63) is 0 Å². The molecule has 21 heavy (non-hydrogen) atoms. The lowest BCUT2D eigenvalue weighted by atomic mass is 9.80. The van der Waals surface area contributed by atoms with Gasteiger partial charge in [0.2, 0.25) is 0 Å². The maximum absolute atomic E-state index is 11.7. The van der Waals surface area contributed by atoms with E-state index < -0.39 is 11.5 Å². The molecule has 2 N–H and O–H groups in total. The maximum Gasteiger partial charge on any atom is 0.324 e. The molecule has 2 aliphatic rings. The molecule has 0 amide bonds. The van der Waals surface area contributed by atoms with Gasteiger partial charge in [0.25, 0.3) is 0 Å². The van der Waals surface area contributed by atoms with Gasteiger partial charge in [0.15, 0.2) is 0 Å². The van der Waals surface area contributed by atoms with Crippen LogP contribution in [0.25, 0.3) is 0 Å². The molecule has 0 aliphatic heterocycles. The van der Waals surface area contributed by atoms with E-state index in [2.05, 4.69) is 19.2 Å². The number of carbonyl (C=O) groups is 1. The van der Waals surface area contributed by atoms with E-state index in [1.165, 1.54) is 6.42 Å². The average molecular weight is 297 g/mol. The van der Waals surface area contributed by atoms with Crippen LogP contribution in [0.4, 0.5) is 0 Å². The van der Waals surface area contributed by atoms with Gasteiger partial charge in [-0.15, -0.1) is 0 Å². The van der Waals surface area contributed by atoms with Gasteiger partial charge < -0.3 is 9.84 Å². The molecule has 0 saturated heterocycles. The van der Waals surface area contributed by atoms with Gasteiger partial charge in [0.05, 0.1) is 12.2 Å². The Morgan fingerprint density at radius 3 is 2.48 bits per heavy atom. The molecular weight excluding hydrogens is 266 g/mol. The maximum atomic E-state index is 11.7. The van der Waals surface area contributed by atoms with Gasteiger partial charge in [0, 0.05) is 12.5 Å². The normalized spacial score (nSPS) is 40.6. The summed E-state index contributed by atoms with van der Waals surface area (Å²) in [5, 5.41) is 12.9. The molecule has 122 valence electrons. The van der Waals surface area contributed by atoms with Crippen LogP contribution >= 0.6 is 0 Å². The minimum absolute atomic E-state index is 0.0953. The zero-order valence-corrected chi connectivity index (χ0v) is 13.9. The predicted octanol–water partition coefficient (Wildman–Crippen LogP) is 3.20. The summed E-state index contributed by atoms with van der Waals surface area (Å²) in [5.74, 6) is 0.769. The SMILES string of the molecule is CC(C)NC1(C(=O)O)CCC(OC2CCC(C)C(C)C2)C1. The van der Waals surface area contributed by atoms with Gasteiger partial charge in [-0.2, -0.15) is 0 Å². The van der Waals surface area contributed by atoms with Crippen molar-refractivity contribution >= 4 is 5.97 Å². The van der Waals surface area contributed by atoms with Crippen LogP contribution in [0, 0.1) is 11.8 Å². The first kappa shape index (κ1) is 16.8. The van der Waals surface area contributed by atoms with E-state index in [-0.39, 0.29) is 12.1 Å². The van der Waals surface area contributed by atoms with E-state index in [1.807, 2.05) is 13.8 Å². The zero-order chi connectivity index (χ0) is 15.6. The van der Waals surface area contributed by atoms with Crippen LogP contribution in [0.5, 0.6) is 0 Å². The molecule has 5 unspecified atom stereocenters. The molecule has 2 fully saturated rings. The number of ether oxygens (including phenoxy) is 1. The highest BCUT2D eigenvalue weighted by Crippen LogP contribution is 2.37. The van der Waals surface area contributed by atoms with E-state index in [9.17, 15) is 9.90 Å². The van der Waals surface area contributed by atoms with Crippen LogP contribution in [-0.2, 0) is 9.53 Å². The summed E-state index contributed by atoms with van der Waals surface area (Å²) in [6, 6.07) is 0.176. The fourth-order valence-electron chi connectivity index (χ4n) is 3.95. The Balaban J connectivity index is 1.90. The van der Waals surface area contributed by atoms with E-state index in [1.54, 1.807) is 0 Å². The lowest BCUT2D eigenvalue weighted by molar-refractivity contribution is -0.145. The second kappa shape index (κ2) is 6.66. The highest BCUT2D eigenvalue weighted by Gasteiger charge is 2.46. The molecule has 0 aromatic rings. The van der Waals surface area contributed by atoms with Gasteiger partial charge in [-0.25, -0.2) is 0 Å². The van der Waals surface area contributed by atoms with E-state index in [4.69, 9.17) is 4.74 Å². The Kier molecular flexibility index (Phi) is 5.31. The quantitative estimate of drug-likeness (QED) is 0.818. The number of rotatable bonds is 5. The summed E-state index contributed by atoms with van der Waals surface area (Å²) >= 11 is 0. The molecule has 4 nitrogen and oxygen atoms in total. The molecule has 0 spiro atoms. The van der Waals surface area contributed by atoms with Crippen molar-refractivity contribution in [1.29, 1.82) is 0 Å². The van der Waals surface area contributed by atoms with Crippen LogP contribution < -0.4 is 5.32 Å². The van der Waals surface area contributed by atoms with Crippen LogP contribution in [0.2, 0.25) is 0 Å². The number of nitrogens with one attached hydrogen (secondary N) is 1. The number of hydrogen-bond donors (Lipinski definition) is 2. The van der Waals surface area contributed by atoms with Gasteiger partial charge in [-0.3, -0.25) is 10.1 Å². The molecule has 4 heteroatoms. The molecule has 2 saturated carbocycles. The summed E-state index contributed by atoms with van der Waals surface area (Å²) < 4.78 is 6.25. The minimum Gasteiger partial charge on any atom is -0.480 e. The Labute approximate surface area is 128 Å². The highest BCUT2D eigenvalue weighted by atomic mass is 16.5. The second-order valence-electron chi connectivity index (χ2n) is 7.58. The third kappa shape index (κ3) is 3.98. The molecule has 0 aromatic carbocycles. The number of carboxylic acids is 1. The third-order valence-corrected chi connectivity index (χ3v) is 5.38. The van der Waals surface area contributed by atoms with Crippen molar-refractivity contribution in [3.63, 3.8) is 0 Å². The Morgan fingerprint density at radius 1 is 1.19 bits per heavy atom. The first-order valence-electron chi connectivity index (χ1n) is 8.49. The monoisotopic (exact) mass is 297 g/mol. The summed E-state index contributed by atoms with van der Waals surface area (Å²) in [4.78, 5) is 11.7. The van der Waals surface area contributed by atoms with Crippen LogP contribution in [-0.4, -0.2) is 34.9 Å². The highest BCUT2D eigenvalue weighted by molar-refractivity contribution is 5.79. The van der Waals surface area contributed by atoms with Crippen LogP contribution in [0.3, 0.4) is 0 Å². The summed E-state index contributed by atoms with van der Waals surface area (Å²) in [6.45, 7) is 8.63. The molecular formula is C17H31NO3. The van der Waals surface area contributed by atoms with E-state index in [0.717, 1.165) is 25.2 Å². The molecule has 0 aromatic heterocycles. The lowest BCUT2D eigenvalue weighted by Crippen LogP contribution is -2.53. The molecule has 2 rings (SSSR count). The topological polar surface area (TPSA) is 58.6 Å². The second-order valence-corrected chi connectivity index (χ2v) is 7.58. The zero-order valence-electron chi connectivity index (χ0n) is 13.9. The number of aliphatic carboxylic acids is 1. The van der Waals surface area contributed by atoms with Crippen molar-refractivity contribution in [2.24, 2.45) is 11.8 Å². The molecule has 0 radical (unpaired) electrons. The van der Waals surface area contributed by atoms with Gasteiger partial charge in [-0.05, 0) is 57.8 Å². The van der Waals surface area contributed by atoms with Gasteiger partial charge in [0.1, 0.15) is 5.54 Å². The minimum atomic E-state index is -0.785.